The number of benzene rings is 2. The molecule has 0 aliphatic carbocycles. The molecule has 1 heterocycles. The summed E-state index contributed by atoms with van der Waals surface area (Å²) in [5.74, 6) is 0.654. The van der Waals surface area contributed by atoms with Crippen molar-refractivity contribution in [3.63, 3.8) is 0 Å². The highest BCUT2D eigenvalue weighted by molar-refractivity contribution is 7.18. The number of ether oxygens (including phenoxy) is 1. The molecule has 3 aromatic rings. The average Bonchev–Trinajstić information content (AvgIpc) is 2.90. The van der Waals surface area contributed by atoms with Gasteiger partial charge in [0, 0.05) is 13.1 Å². The minimum absolute atomic E-state index is 0.164. The minimum Gasteiger partial charge on any atom is -0.504 e. The van der Waals surface area contributed by atoms with Gasteiger partial charge in [-0.25, -0.2) is 4.98 Å². The fourth-order valence-electron chi connectivity index (χ4n) is 2.15. The molecule has 0 saturated carbocycles. The van der Waals surface area contributed by atoms with Gasteiger partial charge in [-0.15, -0.1) is 11.3 Å². The lowest BCUT2D eigenvalue weighted by atomic mass is 10.2. The number of hydrogen-bond donors (Lipinski definition) is 2. The van der Waals surface area contributed by atoms with Crippen LogP contribution in [0.4, 0.5) is 0 Å². The third-order valence-electron chi connectivity index (χ3n) is 3.19. The number of aromatic hydroxyl groups is 1. The van der Waals surface area contributed by atoms with Crippen molar-refractivity contribution in [1.29, 1.82) is 0 Å². The Morgan fingerprint density at radius 3 is 2.81 bits per heavy atom. The Morgan fingerprint density at radius 2 is 2.05 bits per heavy atom. The van der Waals surface area contributed by atoms with Crippen molar-refractivity contribution in [3.8, 4) is 11.5 Å². The summed E-state index contributed by atoms with van der Waals surface area (Å²) in [6.07, 6.45) is 0. The average molecular weight is 300 g/mol. The van der Waals surface area contributed by atoms with E-state index in [4.69, 9.17) is 4.74 Å². The van der Waals surface area contributed by atoms with Crippen molar-refractivity contribution in [3.05, 3.63) is 53.0 Å². The van der Waals surface area contributed by atoms with E-state index >= 15 is 0 Å². The maximum atomic E-state index is 9.74. The summed E-state index contributed by atoms with van der Waals surface area (Å²) < 4.78 is 6.23. The van der Waals surface area contributed by atoms with Crippen molar-refractivity contribution in [2.75, 3.05) is 7.11 Å². The lowest BCUT2D eigenvalue weighted by Crippen LogP contribution is -2.12. The first kappa shape index (κ1) is 13.9. The normalized spacial score (nSPS) is 10.9. The maximum Gasteiger partial charge on any atom is 0.160 e. The van der Waals surface area contributed by atoms with Gasteiger partial charge in [0.15, 0.2) is 11.5 Å². The summed E-state index contributed by atoms with van der Waals surface area (Å²) in [5.41, 5.74) is 2.05. The molecule has 0 fully saturated rings. The first-order valence-corrected chi connectivity index (χ1v) is 7.49. The third kappa shape index (κ3) is 3.15. The van der Waals surface area contributed by atoms with Crippen molar-refractivity contribution in [2.24, 2.45) is 0 Å². The van der Waals surface area contributed by atoms with Crippen LogP contribution < -0.4 is 10.1 Å². The van der Waals surface area contributed by atoms with E-state index in [-0.39, 0.29) is 5.75 Å². The molecule has 1 aromatic heterocycles. The monoisotopic (exact) mass is 300 g/mol. The molecule has 108 valence electrons. The van der Waals surface area contributed by atoms with Gasteiger partial charge in [0.1, 0.15) is 5.01 Å². The van der Waals surface area contributed by atoms with Gasteiger partial charge in [-0.05, 0) is 29.8 Å². The van der Waals surface area contributed by atoms with E-state index in [1.54, 1.807) is 30.6 Å². The Labute approximate surface area is 127 Å². The largest absolute Gasteiger partial charge is 0.504 e. The molecular weight excluding hydrogens is 284 g/mol. The van der Waals surface area contributed by atoms with Crippen LogP contribution in [0.25, 0.3) is 10.2 Å². The summed E-state index contributed by atoms with van der Waals surface area (Å²) in [6, 6.07) is 13.5. The molecule has 0 bridgehead atoms. The summed E-state index contributed by atoms with van der Waals surface area (Å²) in [7, 11) is 1.54. The van der Waals surface area contributed by atoms with Crippen LogP contribution in [0.2, 0.25) is 0 Å². The highest BCUT2D eigenvalue weighted by Gasteiger charge is 2.04. The van der Waals surface area contributed by atoms with Crippen molar-refractivity contribution in [2.45, 2.75) is 13.1 Å². The van der Waals surface area contributed by atoms with E-state index in [0.717, 1.165) is 16.1 Å². The zero-order chi connectivity index (χ0) is 14.7. The molecular formula is C16H16N2O2S. The summed E-state index contributed by atoms with van der Waals surface area (Å²) in [4.78, 5) is 4.58. The summed E-state index contributed by atoms with van der Waals surface area (Å²) in [6.45, 7) is 1.39. The number of methoxy groups -OCH3 is 1. The van der Waals surface area contributed by atoms with Crippen LogP contribution in [0.1, 0.15) is 10.6 Å². The third-order valence-corrected chi connectivity index (χ3v) is 4.22. The number of fused-ring (bicyclic) bond motifs is 1. The predicted molar refractivity (Wildman–Crippen MR) is 84.8 cm³/mol. The summed E-state index contributed by atoms with van der Waals surface area (Å²) >= 11 is 1.70. The van der Waals surface area contributed by atoms with Crippen LogP contribution in [0.3, 0.4) is 0 Å². The first-order valence-electron chi connectivity index (χ1n) is 6.67. The molecule has 0 saturated heterocycles. The fourth-order valence-corrected chi connectivity index (χ4v) is 3.09. The van der Waals surface area contributed by atoms with Gasteiger partial charge in [-0.3, -0.25) is 0 Å². The molecule has 0 aliphatic rings. The number of rotatable bonds is 5. The topological polar surface area (TPSA) is 54.4 Å². The maximum absolute atomic E-state index is 9.74. The molecule has 0 radical (unpaired) electrons. The molecule has 0 aliphatic heterocycles. The SMILES string of the molecule is COc1ccc(CNCc2nc3ccccc3s2)cc1O. The van der Waals surface area contributed by atoms with E-state index in [0.29, 0.717) is 18.8 Å². The van der Waals surface area contributed by atoms with Gasteiger partial charge in [0.2, 0.25) is 0 Å². The van der Waals surface area contributed by atoms with Gasteiger partial charge >= 0.3 is 0 Å². The van der Waals surface area contributed by atoms with Gasteiger partial charge in [-0.1, -0.05) is 18.2 Å². The van der Waals surface area contributed by atoms with E-state index in [2.05, 4.69) is 16.4 Å². The molecule has 0 amide bonds. The molecule has 0 atom stereocenters. The highest BCUT2D eigenvalue weighted by atomic mass is 32.1. The summed E-state index contributed by atoms with van der Waals surface area (Å²) in [5, 5.41) is 14.1. The zero-order valence-corrected chi connectivity index (χ0v) is 12.5. The molecule has 21 heavy (non-hydrogen) atoms. The van der Waals surface area contributed by atoms with Crippen LogP contribution in [-0.4, -0.2) is 17.2 Å². The molecule has 3 rings (SSSR count). The van der Waals surface area contributed by atoms with Crippen LogP contribution in [0.15, 0.2) is 42.5 Å². The van der Waals surface area contributed by atoms with E-state index in [1.807, 2.05) is 24.3 Å². The first-order chi connectivity index (χ1) is 10.3. The van der Waals surface area contributed by atoms with Crippen LogP contribution >= 0.6 is 11.3 Å². The van der Waals surface area contributed by atoms with Crippen LogP contribution in [0, 0.1) is 0 Å². The molecule has 2 N–H and O–H groups in total. The van der Waals surface area contributed by atoms with E-state index in [1.165, 1.54) is 4.70 Å². The van der Waals surface area contributed by atoms with Crippen molar-refractivity contribution < 1.29 is 9.84 Å². The Bertz CT molecular complexity index is 722. The van der Waals surface area contributed by atoms with E-state index < -0.39 is 0 Å². The second-order valence-corrected chi connectivity index (χ2v) is 5.80. The van der Waals surface area contributed by atoms with Crippen LogP contribution in [0.5, 0.6) is 11.5 Å². The Balaban J connectivity index is 1.61. The van der Waals surface area contributed by atoms with E-state index in [9.17, 15) is 5.11 Å². The second kappa shape index (κ2) is 6.11. The number of aromatic nitrogens is 1. The highest BCUT2D eigenvalue weighted by Crippen LogP contribution is 2.26. The number of nitrogens with one attached hydrogen (secondary N) is 1. The minimum atomic E-state index is 0.164. The lowest BCUT2D eigenvalue weighted by molar-refractivity contribution is 0.373. The Morgan fingerprint density at radius 1 is 1.19 bits per heavy atom. The second-order valence-electron chi connectivity index (χ2n) is 4.69. The van der Waals surface area contributed by atoms with Gasteiger partial charge < -0.3 is 15.2 Å². The van der Waals surface area contributed by atoms with Crippen LogP contribution in [-0.2, 0) is 13.1 Å². The molecule has 0 spiro atoms. The predicted octanol–water partition coefficient (Wildman–Crippen LogP) is 3.30. The number of para-hydroxylation sites is 1. The number of phenolic OH excluding ortho intramolecular Hbond substituents is 1. The van der Waals surface area contributed by atoms with Gasteiger partial charge in [0.25, 0.3) is 0 Å². The van der Waals surface area contributed by atoms with Gasteiger partial charge in [0.05, 0.1) is 17.3 Å². The van der Waals surface area contributed by atoms with Crippen molar-refractivity contribution in [1.82, 2.24) is 10.3 Å². The standard InChI is InChI=1S/C16H16N2O2S/c1-20-14-7-6-11(8-13(14)19)9-17-10-16-18-12-4-2-3-5-15(12)21-16/h2-8,17,19H,9-10H2,1H3. The fraction of sp³-hybridized carbons (Fsp3) is 0.188. The molecule has 4 nitrogen and oxygen atoms in total. The molecule has 0 unspecified atom stereocenters. The zero-order valence-electron chi connectivity index (χ0n) is 11.7. The number of nitrogens with zero attached hydrogens (tertiary/aromatic N) is 1. The van der Waals surface area contributed by atoms with Gasteiger partial charge in [-0.2, -0.15) is 0 Å². The number of phenols is 1. The molecule has 2 aromatic carbocycles. The van der Waals surface area contributed by atoms with Crippen molar-refractivity contribution >= 4 is 21.6 Å². The Kier molecular flexibility index (Phi) is 4.03. The number of hydrogen-bond acceptors (Lipinski definition) is 5. The quantitative estimate of drug-likeness (QED) is 0.759. The smallest absolute Gasteiger partial charge is 0.160 e. The number of thiazole rings is 1. The Hall–Kier alpha value is -2.11. The lowest BCUT2D eigenvalue weighted by Gasteiger charge is -2.06. The molecule has 5 heteroatoms.